The molecular weight excluding hydrogens is 278 g/mol. The minimum atomic E-state index is -0.0766. The van der Waals surface area contributed by atoms with Crippen LogP contribution in [0.3, 0.4) is 0 Å². The Kier molecular flexibility index (Phi) is 4.73. The van der Waals surface area contributed by atoms with E-state index < -0.39 is 0 Å². The van der Waals surface area contributed by atoms with Crippen LogP contribution in [0.1, 0.15) is 21.8 Å². The number of benzene rings is 2. The molecule has 108 valence electrons. The van der Waals surface area contributed by atoms with Gasteiger partial charge in [0.1, 0.15) is 0 Å². The van der Waals surface area contributed by atoms with Gasteiger partial charge >= 0.3 is 0 Å². The van der Waals surface area contributed by atoms with Gasteiger partial charge in [0.25, 0.3) is 0 Å². The molecule has 1 atom stereocenters. The van der Waals surface area contributed by atoms with Crippen molar-refractivity contribution in [2.24, 2.45) is 0 Å². The second kappa shape index (κ2) is 6.92. The molecule has 3 heteroatoms. The standard InChI is InChI=1S/C18H19NOS/c20-18(16-9-5-2-6-10-16)17(13-19-11-12-21-14-19)15-7-3-1-4-8-15/h1-10,17H,11-14H2. The van der Waals surface area contributed by atoms with Gasteiger partial charge in [0, 0.05) is 30.3 Å². The molecule has 1 unspecified atom stereocenters. The molecule has 2 aromatic carbocycles. The second-order valence-corrected chi connectivity index (χ2v) is 6.38. The van der Waals surface area contributed by atoms with Crippen molar-refractivity contribution in [1.82, 2.24) is 4.90 Å². The summed E-state index contributed by atoms with van der Waals surface area (Å²) in [5.41, 5.74) is 1.92. The summed E-state index contributed by atoms with van der Waals surface area (Å²) in [7, 11) is 0. The molecule has 0 aromatic heterocycles. The quantitative estimate of drug-likeness (QED) is 0.786. The lowest BCUT2D eigenvalue weighted by Crippen LogP contribution is -2.30. The maximum Gasteiger partial charge on any atom is 0.171 e. The van der Waals surface area contributed by atoms with Crippen LogP contribution < -0.4 is 0 Å². The van der Waals surface area contributed by atoms with E-state index in [9.17, 15) is 4.79 Å². The molecule has 2 aromatic rings. The molecule has 0 radical (unpaired) electrons. The molecular formula is C18H19NOS. The maximum atomic E-state index is 12.9. The van der Waals surface area contributed by atoms with E-state index in [1.165, 1.54) is 5.75 Å². The topological polar surface area (TPSA) is 20.3 Å². The molecule has 0 amide bonds. The van der Waals surface area contributed by atoms with Crippen molar-refractivity contribution in [3.63, 3.8) is 0 Å². The van der Waals surface area contributed by atoms with Gasteiger partial charge in [-0.3, -0.25) is 9.69 Å². The van der Waals surface area contributed by atoms with E-state index >= 15 is 0 Å². The van der Waals surface area contributed by atoms with Crippen molar-refractivity contribution in [2.75, 3.05) is 24.7 Å². The average Bonchev–Trinajstić information content (AvgIpc) is 3.07. The zero-order chi connectivity index (χ0) is 14.5. The van der Waals surface area contributed by atoms with Gasteiger partial charge in [-0.15, -0.1) is 11.8 Å². The number of nitrogens with zero attached hydrogens (tertiary/aromatic N) is 1. The Morgan fingerprint density at radius 1 is 1.05 bits per heavy atom. The zero-order valence-electron chi connectivity index (χ0n) is 11.9. The maximum absolute atomic E-state index is 12.9. The molecule has 1 aliphatic heterocycles. The Hall–Kier alpha value is -1.58. The van der Waals surface area contributed by atoms with E-state index in [1.54, 1.807) is 0 Å². The molecule has 1 aliphatic rings. The minimum Gasteiger partial charge on any atom is -0.293 e. The monoisotopic (exact) mass is 297 g/mol. The summed E-state index contributed by atoms with van der Waals surface area (Å²) in [5, 5.41) is 0. The summed E-state index contributed by atoms with van der Waals surface area (Å²) in [5.74, 6) is 2.35. The summed E-state index contributed by atoms with van der Waals surface area (Å²) in [4.78, 5) is 15.3. The van der Waals surface area contributed by atoms with E-state index in [0.29, 0.717) is 0 Å². The van der Waals surface area contributed by atoms with E-state index in [2.05, 4.69) is 17.0 Å². The van der Waals surface area contributed by atoms with Crippen LogP contribution in [0.5, 0.6) is 0 Å². The largest absolute Gasteiger partial charge is 0.293 e. The molecule has 2 nitrogen and oxygen atoms in total. The van der Waals surface area contributed by atoms with Gasteiger partial charge in [0.05, 0.1) is 5.92 Å². The highest BCUT2D eigenvalue weighted by Gasteiger charge is 2.25. The van der Waals surface area contributed by atoms with Gasteiger partial charge in [0.2, 0.25) is 0 Å². The molecule has 1 saturated heterocycles. The fraction of sp³-hybridized carbons (Fsp3) is 0.278. The van der Waals surface area contributed by atoms with Crippen LogP contribution in [0.25, 0.3) is 0 Å². The third kappa shape index (κ3) is 3.55. The first-order valence-electron chi connectivity index (χ1n) is 7.29. The lowest BCUT2D eigenvalue weighted by Gasteiger charge is -2.22. The van der Waals surface area contributed by atoms with Gasteiger partial charge < -0.3 is 0 Å². The van der Waals surface area contributed by atoms with Gasteiger partial charge in [-0.25, -0.2) is 0 Å². The molecule has 21 heavy (non-hydrogen) atoms. The first-order chi connectivity index (χ1) is 10.3. The van der Waals surface area contributed by atoms with E-state index in [0.717, 1.165) is 30.1 Å². The Morgan fingerprint density at radius 3 is 2.33 bits per heavy atom. The highest BCUT2D eigenvalue weighted by Crippen LogP contribution is 2.25. The second-order valence-electron chi connectivity index (χ2n) is 5.31. The van der Waals surface area contributed by atoms with Gasteiger partial charge in [-0.05, 0) is 5.56 Å². The fourth-order valence-electron chi connectivity index (χ4n) is 2.68. The molecule has 0 N–H and O–H groups in total. The van der Waals surface area contributed by atoms with Crippen LogP contribution in [0.15, 0.2) is 60.7 Å². The number of carbonyl (C=O) groups excluding carboxylic acids is 1. The third-order valence-corrected chi connectivity index (χ3v) is 4.86. The summed E-state index contributed by atoms with van der Waals surface area (Å²) >= 11 is 1.94. The number of thioether (sulfide) groups is 1. The molecule has 3 rings (SSSR count). The molecule has 1 fully saturated rings. The van der Waals surface area contributed by atoms with Gasteiger partial charge in [-0.1, -0.05) is 60.7 Å². The van der Waals surface area contributed by atoms with Crippen molar-refractivity contribution in [3.8, 4) is 0 Å². The smallest absolute Gasteiger partial charge is 0.171 e. The molecule has 0 spiro atoms. The highest BCUT2D eigenvalue weighted by molar-refractivity contribution is 7.99. The zero-order valence-corrected chi connectivity index (χ0v) is 12.8. The number of carbonyl (C=O) groups is 1. The summed E-state index contributed by atoms with van der Waals surface area (Å²) < 4.78 is 0. The Morgan fingerprint density at radius 2 is 1.71 bits per heavy atom. The van der Waals surface area contributed by atoms with Crippen molar-refractivity contribution in [2.45, 2.75) is 5.92 Å². The Labute approximate surface area is 130 Å². The van der Waals surface area contributed by atoms with Crippen LogP contribution in [0.4, 0.5) is 0 Å². The molecule has 0 saturated carbocycles. The van der Waals surface area contributed by atoms with Crippen molar-refractivity contribution >= 4 is 17.5 Å². The van der Waals surface area contributed by atoms with Crippen LogP contribution in [-0.4, -0.2) is 35.4 Å². The van der Waals surface area contributed by atoms with Gasteiger partial charge in [0.15, 0.2) is 5.78 Å². The lowest BCUT2D eigenvalue weighted by molar-refractivity contribution is 0.0941. The number of hydrogen-bond acceptors (Lipinski definition) is 3. The first-order valence-corrected chi connectivity index (χ1v) is 8.44. The molecule has 0 bridgehead atoms. The molecule has 1 heterocycles. The third-order valence-electron chi connectivity index (χ3n) is 3.84. The van der Waals surface area contributed by atoms with Crippen LogP contribution in [-0.2, 0) is 0 Å². The van der Waals surface area contributed by atoms with Crippen LogP contribution in [0.2, 0.25) is 0 Å². The van der Waals surface area contributed by atoms with Gasteiger partial charge in [-0.2, -0.15) is 0 Å². The molecule has 0 aliphatic carbocycles. The predicted octanol–water partition coefficient (Wildman–Crippen LogP) is 3.66. The number of Topliss-reactive ketones (excluding diaryl/α,β-unsaturated/α-hetero) is 1. The number of hydrogen-bond donors (Lipinski definition) is 0. The van der Waals surface area contributed by atoms with Crippen molar-refractivity contribution in [3.05, 3.63) is 71.8 Å². The predicted molar refractivity (Wildman–Crippen MR) is 88.9 cm³/mol. The average molecular weight is 297 g/mol. The van der Waals surface area contributed by atoms with Crippen LogP contribution in [0, 0.1) is 0 Å². The summed E-state index contributed by atoms with van der Waals surface area (Å²) in [6, 6.07) is 19.8. The van der Waals surface area contributed by atoms with E-state index in [1.807, 2.05) is 60.3 Å². The van der Waals surface area contributed by atoms with E-state index in [4.69, 9.17) is 0 Å². The highest BCUT2D eigenvalue weighted by atomic mass is 32.2. The van der Waals surface area contributed by atoms with E-state index in [-0.39, 0.29) is 11.7 Å². The lowest BCUT2D eigenvalue weighted by atomic mass is 9.90. The normalized spacial score (nSPS) is 16.8. The first kappa shape index (κ1) is 14.4. The number of ketones is 1. The number of rotatable bonds is 5. The summed E-state index contributed by atoms with van der Waals surface area (Å²) in [6.07, 6.45) is 0. The SMILES string of the molecule is O=C(c1ccccc1)C(CN1CCSC1)c1ccccc1. The minimum absolute atomic E-state index is 0.0766. The Bertz CT molecular complexity index is 579. The van der Waals surface area contributed by atoms with Crippen molar-refractivity contribution < 1.29 is 4.79 Å². The summed E-state index contributed by atoms with van der Waals surface area (Å²) in [6.45, 7) is 1.89. The fourth-order valence-corrected chi connectivity index (χ4v) is 3.69. The Balaban J connectivity index is 1.86. The van der Waals surface area contributed by atoms with Crippen molar-refractivity contribution in [1.29, 1.82) is 0 Å². The van der Waals surface area contributed by atoms with Crippen LogP contribution >= 0.6 is 11.8 Å².